The van der Waals surface area contributed by atoms with Crippen LogP contribution < -0.4 is 5.73 Å². The van der Waals surface area contributed by atoms with Gasteiger partial charge >= 0.3 is 0 Å². The predicted octanol–water partition coefficient (Wildman–Crippen LogP) is 2.09. The molecule has 3 nitrogen and oxygen atoms in total. The topological polar surface area (TPSA) is 42.2 Å². The minimum Gasteiger partial charge on any atom is -0.388 e. The van der Waals surface area contributed by atoms with Crippen LogP contribution >= 0.6 is 12.2 Å². The summed E-state index contributed by atoms with van der Waals surface area (Å²) in [4.78, 5) is 7.14. The Balaban J connectivity index is 2.21. The van der Waals surface area contributed by atoms with Crippen molar-refractivity contribution in [3.63, 3.8) is 0 Å². The molecule has 1 aliphatic heterocycles. The van der Waals surface area contributed by atoms with Gasteiger partial charge in [0.25, 0.3) is 0 Å². The third-order valence-electron chi connectivity index (χ3n) is 3.56. The Morgan fingerprint density at radius 2 is 2.35 bits per heavy atom. The number of aromatic nitrogens is 1. The van der Waals surface area contributed by atoms with Crippen LogP contribution in [-0.4, -0.2) is 27.0 Å². The second-order valence-corrected chi connectivity index (χ2v) is 5.65. The van der Waals surface area contributed by atoms with Crippen LogP contribution in [0.2, 0.25) is 0 Å². The summed E-state index contributed by atoms with van der Waals surface area (Å²) in [5.41, 5.74) is 7.88. The van der Waals surface area contributed by atoms with Crippen LogP contribution in [0.5, 0.6) is 0 Å². The Hall–Kier alpha value is -1.00. The number of thiocarbonyl (C=S) groups is 1. The molecule has 4 heteroatoms. The lowest BCUT2D eigenvalue weighted by atomic mass is 10.0. The normalized spacial score (nSPS) is 19.4. The van der Waals surface area contributed by atoms with Crippen molar-refractivity contribution in [3.8, 4) is 0 Å². The number of pyridine rings is 1. The van der Waals surface area contributed by atoms with E-state index in [0.29, 0.717) is 4.99 Å². The highest BCUT2D eigenvalue weighted by Gasteiger charge is 2.32. The Kier molecular flexibility index (Phi) is 3.45. The molecule has 0 radical (unpaired) electrons. The summed E-state index contributed by atoms with van der Waals surface area (Å²) in [6.07, 6.45) is 4.25. The Morgan fingerprint density at radius 3 is 2.94 bits per heavy atom. The van der Waals surface area contributed by atoms with Crippen molar-refractivity contribution >= 4 is 17.2 Å². The molecule has 0 aromatic carbocycles. The maximum Gasteiger partial charge on any atom is 0.123 e. The summed E-state index contributed by atoms with van der Waals surface area (Å²) >= 11 is 5.04. The average molecular weight is 249 g/mol. The van der Waals surface area contributed by atoms with Crippen molar-refractivity contribution < 1.29 is 0 Å². The number of likely N-dealkylation sites (tertiary alicyclic amines) is 1. The van der Waals surface area contributed by atoms with Crippen molar-refractivity contribution in [2.45, 2.75) is 38.8 Å². The predicted molar refractivity (Wildman–Crippen MR) is 73.8 cm³/mol. The van der Waals surface area contributed by atoms with Crippen LogP contribution in [0, 0.1) is 0 Å². The van der Waals surface area contributed by atoms with Gasteiger partial charge in [0.2, 0.25) is 0 Å². The van der Waals surface area contributed by atoms with Gasteiger partial charge < -0.3 is 5.73 Å². The molecular formula is C13H19N3S. The van der Waals surface area contributed by atoms with E-state index in [-0.39, 0.29) is 5.54 Å². The highest BCUT2D eigenvalue weighted by molar-refractivity contribution is 7.80. The smallest absolute Gasteiger partial charge is 0.123 e. The number of nitrogens with two attached hydrogens (primary N) is 1. The number of nitrogens with zero attached hydrogens (tertiary/aromatic N) is 2. The zero-order valence-corrected chi connectivity index (χ0v) is 11.3. The van der Waals surface area contributed by atoms with Gasteiger partial charge in [0.05, 0.1) is 0 Å². The first-order valence-corrected chi connectivity index (χ1v) is 6.40. The van der Waals surface area contributed by atoms with E-state index in [1.165, 1.54) is 12.8 Å². The van der Waals surface area contributed by atoms with Gasteiger partial charge in [-0.2, -0.15) is 0 Å². The highest BCUT2D eigenvalue weighted by atomic mass is 32.1. The summed E-state index contributed by atoms with van der Waals surface area (Å²) < 4.78 is 0. The van der Waals surface area contributed by atoms with Gasteiger partial charge in [0.15, 0.2) is 0 Å². The summed E-state index contributed by atoms with van der Waals surface area (Å²) in [7, 11) is 0. The average Bonchev–Trinajstić information content (AvgIpc) is 2.59. The lowest BCUT2D eigenvalue weighted by Crippen LogP contribution is -2.38. The Labute approximate surface area is 108 Å². The first-order chi connectivity index (χ1) is 8.00. The molecule has 1 fully saturated rings. The molecule has 0 aliphatic carbocycles. The van der Waals surface area contributed by atoms with Crippen molar-refractivity contribution in [1.29, 1.82) is 0 Å². The maximum absolute atomic E-state index is 5.71. The van der Waals surface area contributed by atoms with Gasteiger partial charge in [-0.25, -0.2) is 0 Å². The molecule has 1 saturated heterocycles. The fraction of sp³-hybridized carbons (Fsp3) is 0.538. The van der Waals surface area contributed by atoms with E-state index in [2.05, 4.69) is 29.8 Å². The van der Waals surface area contributed by atoms with E-state index in [9.17, 15) is 0 Å². The van der Waals surface area contributed by atoms with Crippen molar-refractivity contribution in [2.75, 3.05) is 6.54 Å². The Bertz CT molecular complexity index is 428. The molecule has 0 amide bonds. The SMILES string of the molecule is CC1(C)CCCN1Cc1cccnc1C(N)=S. The highest BCUT2D eigenvalue weighted by Crippen LogP contribution is 2.30. The summed E-state index contributed by atoms with van der Waals surface area (Å²) in [5.74, 6) is 0. The molecule has 2 N–H and O–H groups in total. The molecule has 1 aliphatic rings. The van der Waals surface area contributed by atoms with Gasteiger partial charge in [0.1, 0.15) is 10.7 Å². The van der Waals surface area contributed by atoms with E-state index >= 15 is 0 Å². The molecule has 0 spiro atoms. The van der Waals surface area contributed by atoms with Crippen molar-refractivity contribution in [3.05, 3.63) is 29.6 Å². The number of hydrogen-bond acceptors (Lipinski definition) is 3. The number of hydrogen-bond donors (Lipinski definition) is 1. The molecule has 0 unspecified atom stereocenters. The second-order valence-electron chi connectivity index (χ2n) is 5.21. The third kappa shape index (κ3) is 2.64. The van der Waals surface area contributed by atoms with Crippen LogP contribution in [0.4, 0.5) is 0 Å². The lowest BCUT2D eigenvalue weighted by molar-refractivity contribution is 0.166. The van der Waals surface area contributed by atoms with E-state index in [1.807, 2.05) is 6.07 Å². The van der Waals surface area contributed by atoms with Crippen molar-refractivity contribution in [2.24, 2.45) is 5.73 Å². The summed E-state index contributed by atoms with van der Waals surface area (Å²) in [6.45, 7) is 6.60. The fourth-order valence-corrected chi connectivity index (χ4v) is 2.63. The molecule has 92 valence electrons. The van der Waals surface area contributed by atoms with Gasteiger partial charge in [-0.1, -0.05) is 18.3 Å². The molecule has 2 rings (SSSR count). The van der Waals surface area contributed by atoms with Gasteiger partial charge in [0, 0.05) is 18.3 Å². The van der Waals surface area contributed by atoms with Gasteiger partial charge in [-0.3, -0.25) is 9.88 Å². The lowest BCUT2D eigenvalue weighted by Gasteiger charge is -2.31. The monoisotopic (exact) mass is 249 g/mol. The summed E-state index contributed by atoms with van der Waals surface area (Å²) in [5, 5.41) is 0. The molecule has 0 saturated carbocycles. The first kappa shape index (κ1) is 12.5. The van der Waals surface area contributed by atoms with Gasteiger partial charge in [-0.15, -0.1) is 0 Å². The Morgan fingerprint density at radius 1 is 1.59 bits per heavy atom. The largest absolute Gasteiger partial charge is 0.388 e. The van der Waals surface area contributed by atoms with E-state index < -0.39 is 0 Å². The molecule has 17 heavy (non-hydrogen) atoms. The number of rotatable bonds is 3. The molecule has 0 bridgehead atoms. The standard InChI is InChI=1S/C13H19N3S/c1-13(2)6-4-8-16(13)9-10-5-3-7-15-11(10)12(14)17/h3,5,7H,4,6,8-9H2,1-2H3,(H2,14,17). The summed E-state index contributed by atoms with van der Waals surface area (Å²) in [6, 6.07) is 4.01. The molecular weight excluding hydrogens is 230 g/mol. The maximum atomic E-state index is 5.71. The molecule has 1 aromatic rings. The molecule has 2 heterocycles. The molecule has 1 aromatic heterocycles. The fourth-order valence-electron chi connectivity index (χ4n) is 2.45. The van der Waals surface area contributed by atoms with E-state index in [1.54, 1.807) is 6.20 Å². The quantitative estimate of drug-likeness (QED) is 0.833. The van der Waals surface area contributed by atoms with Crippen LogP contribution in [0.25, 0.3) is 0 Å². The van der Waals surface area contributed by atoms with Crippen LogP contribution in [0.1, 0.15) is 37.9 Å². The zero-order valence-electron chi connectivity index (χ0n) is 10.4. The second kappa shape index (κ2) is 4.70. The minimum atomic E-state index is 0.267. The van der Waals surface area contributed by atoms with E-state index in [0.717, 1.165) is 24.3 Å². The van der Waals surface area contributed by atoms with Crippen molar-refractivity contribution in [1.82, 2.24) is 9.88 Å². The molecule has 0 atom stereocenters. The van der Waals surface area contributed by atoms with Gasteiger partial charge in [-0.05, 0) is 44.9 Å². The zero-order chi connectivity index (χ0) is 12.5. The van der Waals surface area contributed by atoms with Crippen LogP contribution in [0.15, 0.2) is 18.3 Å². The third-order valence-corrected chi connectivity index (χ3v) is 3.75. The first-order valence-electron chi connectivity index (χ1n) is 5.99. The minimum absolute atomic E-state index is 0.267. The van der Waals surface area contributed by atoms with E-state index in [4.69, 9.17) is 18.0 Å². The van der Waals surface area contributed by atoms with Crippen LogP contribution in [-0.2, 0) is 6.54 Å². The van der Waals surface area contributed by atoms with Crippen LogP contribution in [0.3, 0.4) is 0 Å².